The van der Waals surface area contributed by atoms with E-state index in [-0.39, 0.29) is 23.5 Å². The van der Waals surface area contributed by atoms with Crippen molar-refractivity contribution in [3.05, 3.63) is 77.4 Å². The number of anilines is 1. The van der Waals surface area contributed by atoms with Gasteiger partial charge in [-0.15, -0.1) is 0 Å². The van der Waals surface area contributed by atoms with Crippen LogP contribution in [0.25, 0.3) is 11.1 Å². The number of aliphatic hydroxyl groups is 1. The Hall–Kier alpha value is -3.60. The van der Waals surface area contributed by atoms with Crippen LogP contribution < -0.4 is 14.8 Å². The largest absolute Gasteiger partial charge is 0.506 e. The molecule has 5 N–H and O–H groups in total. The summed E-state index contributed by atoms with van der Waals surface area (Å²) in [5.41, 5.74) is 3.60. The van der Waals surface area contributed by atoms with Crippen LogP contribution in [0, 0.1) is 0 Å². The number of carboxylic acid groups (broad SMARTS) is 1. The first kappa shape index (κ1) is 27.0. The SMILES string of the molecule is CCc1cc(-c2ccc(C(=O)O)cc2)ccc1OCCNC[C@@H](O)c1ccc(O)c(NS(C)(=O)=O)c1. The van der Waals surface area contributed by atoms with Crippen LogP contribution in [-0.2, 0) is 16.4 Å². The highest BCUT2D eigenvalue weighted by molar-refractivity contribution is 7.92. The van der Waals surface area contributed by atoms with Crippen LogP contribution in [-0.4, -0.2) is 55.7 Å². The average molecular weight is 515 g/mol. The second-order valence-corrected chi connectivity index (χ2v) is 10.0. The van der Waals surface area contributed by atoms with Crippen LogP contribution >= 0.6 is 0 Å². The summed E-state index contributed by atoms with van der Waals surface area (Å²) in [5.74, 6) is -0.439. The van der Waals surface area contributed by atoms with Gasteiger partial charge in [0.15, 0.2) is 0 Å². The number of nitrogens with one attached hydrogen (secondary N) is 2. The normalized spacial score (nSPS) is 12.2. The summed E-state index contributed by atoms with van der Waals surface area (Å²) in [6, 6.07) is 16.8. The van der Waals surface area contributed by atoms with E-state index in [2.05, 4.69) is 10.0 Å². The molecule has 36 heavy (non-hydrogen) atoms. The molecule has 0 spiro atoms. The molecule has 3 rings (SSSR count). The molecule has 0 aliphatic carbocycles. The molecule has 0 saturated carbocycles. The van der Waals surface area contributed by atoms with Crippen molar-refractivity contribution in [1.29, 1.82) is 0 Å². The molecule has 0 aliphatic rings. The van der Waals surface area contributed by atoms with E-state index in [0.29, 0.717) is 18.7 Å². The lowest BCUT2D eigenvalue weighted by Gasteiger charge is -2.16. The van der Waals surface area contributed by atoms with E-state index in [9.17, 15) is 23.4 Å². The number of carboxylic acids is 1. The Morgan fingerprint density at radius 3 is 2.36 bits per heavy atom. The van der Waals surface area contributed by atoms with Crippen LogP contribution in [0.2, 0.25) is 0 Å². The minimum atomic E-state index is -3.57. The zero-order chi connectivity index (χ0) is 26.3. The fourth-order valence-corrected chi connectivity index (χ4v) is 4.18. The minimum Gasteiger partial charge on any atom is -0.506 e. The first-order valence-electron chi connectivity index (χ1n) is 11.4. The number of benzene rings is 3. The van der Waals surface area contributed by atoms with Gasteiger partial charge in [-0.2, -0.15) is 0 Å². The molecular weight excluding hydrogens is 484 g/mol. The summed E-state index contributed by atoms with van der Waals surface area (Å²) in [7, 11) is -3.57. The van der Waals surface area contributed by atoms with Crippen molar-refractivity contribution in [3.8, 4) is 22.6 Å². The lowest BCUT2D eigenvalue weighted by molar-refractivity contribution is 0.0697. The number of rotatable bonds is 12. The number of aliphatic hydroxyl groups excluding tert-OH is 1. The van der Waals surface area contributed by atoms with Gasteiger partial charge in [0.25, 0.3) is 0 Å². The fraction of sp³-hybridized carbons (Fsp3) is 0.269. The number of sulfonamides is 1. The van der Waals surface area contributed by atoms with Crippen molar-refractivity contribution in [2.75, 3.05) is 30.7 Å². The number of ether oxygens (including phenoxy) is 1. The van der Waals surface area contributed by atoms with Gasteiger partial charge in [0.2, 0.25) is 10.0 Å². The lowest BCUT2D eigenvalue weighted by atomic mass is 10.00. The van der Waals surface area contributed by atoms with Gasteiger partial charge in [-0.25, -0.2) is 13.2 Å². The molecule has 0 unspecified atom stereocenters. The van der Waals surface area contributed by atoms with Gasteiger partial charge < -0.3 is 25.4 Å². The number of aryl methyl sites for hydroxylation is 1. The number of aromatic hydroxyl groups is 1. The predicted molar refractivity (Wildman–Crippen MR) is 138 cm³/mol. The first-order valence-corrected chi connectivity index (χ1v) is 13.3. The van der Waals surface area contributed by atoms with E-state index < -0.39 is 22.1 Å². The molecule has 9 nitrogen and oxygen atoms in total. The summed E-state index contributed by atoms with van der Waals surface area (Å²) in [6.07, 6.45) is 0.823. The predicted octanol–water partition coefficient (Wildman–Crippen LogP) is 3.39. The van der Waals surface area contributed by atoms with Gasteiger partial charge in [0.05, 0.1) is 23.6 Å². The molecule has 0 fully saturated rings. The molecular formula is C26H30N2O7S. The summed E-state index contributed by atoms with van der Waals surface area (Å²) in [5, 5.41) is 32.4. The summed E-state index contributed by atoms with van der Waals surface area (Å²) < 4.78 is 31.0. The lowest BCUT2D eigenvalue weighted by Crippen LogP contribution is -2.26. The third-order valence-electron chi connectivity index (χ3n) is 5.48. The van der Waals surface area contributed by atoms with Crippen LogP contribution in [0.4, 0.5) is 5.69 Å². The molecule has 3 aromatic rings. The van der Waals surface area contributed by atoms with Crippen molar-refractivity contribution in [3.63, 3.8) is 0 Å². The van der Waals surface area contributed by atoms with Crippen molar-refractivity contribution >= 4 is 21.7 Å². The number of hydrogen-bond acceptors (Lipinski definition) is 7. The van der Waals surface area contributed by atoms with Gasteiger partial charge in [-0.05, 0) is 65.1 Å². The van der Waals surface area contributed by atoms with Crippen molar-refractivity contribution in [1.82, 2.24) is 5.32 Å². The van der Waals surface area contributed by atoms with Crippen molar-refractivity contribution in [2.45, 2.75) is 19.4 Å². The summed E-state index contributed by atoms with van der Waals surface area (Å²) in [6.45, 7) is 3.06. The Balaban J connectivity index is 1.53. The van der Waals surface area contributed by atoms with Crippen LogP contribution in [0.5, 0.6) is 11.5 Å². The maximum absolute atomic E-state index is 11.4. The Labute approximate surface area is 210 Å². The molecule has 10 heteroatoms. The van der Waals surface area contributed by atoms with Crippen molar-refractivity contribution in [2.24, 2.45) is 0 Å². The minimum absolute atomic E-state index is 0.00533. The Morgan fingerprint density at radius 1 is 1.03 bits per heavy atom. The molecule has 0 bridgehead atoms. The van der Waals surface area contributed by atoms with Crippen LogP contribution in [0.3, 0.4) is 0 Å². The third kappa shape index (κ3) is 7.45. The average Bonchev–Trinajstić information content (AvgIpc) is 2.84. The molecule has 3 aromatic carbocycles. The molecule has 0 aromatic heterocycles. The first-order chi connectivity index (χ1) is 17.1. The smallest absolute Gasteiger partial charge is 0.335 e. The van der Waals surface area contributed by atoms with Gasteiger partial charge in [-0.1, -0.05) is 31.2 Å². The third-order valence-corrected chi connectivity index (χ3v) is 6.07. The summed E-state index contributed by atoms with van der Waals surface area (Å²) in [4.78, 5) is 11.1. The number of phenolic OH excluding ortho intramolecular Hbond substituents is 1. The maximum Gasteiger partial charge on any atom is 0.335 e. The molecule has 1 atom stereocenters. The molecule has 0 radical (unpaired) electrons. The van der Waals surface area contributed by atoms with Gasteiger partial charge in [0, 0.05) is 13.1 Å². The highest BCUT2D eigenvalue weighted by Gasteiger charge is 2.13. The van der Waals surface area contributed by atoms with E-state index >= 15 is 0 Å². The second kappa shape index (κ2) is 11.9. The number of phenols is 1. The van der Waals surface area contributed by atoms with E-state index in [1.54, 1.807) is 24.3 Å². The zero-order valence-electron chi connectivity index (χ0n) is 20.1. The standard InChI is InChI=1S/C26H30N2O7S/c1-3-17-14-20(18-4-6-19(7-5-18)26(31)32)9-11-25(17)35-13-12-27-16-24(30)21-8-10-23(29)22(15-21)28-36(2,33)34/h4-11,14-15,24,27-30H,3,12-13,16H2,1-2H3,(H,31,32)/t24-/m1/s1. The highest BCUT2D eigenvalue weighted by Crippen LogP contribution is 2.29. The summed E-state index contributed by atoms with van der Waals surface area (Å²) >= 11 is 0. The van der Waals surface area contributed by atoms with Crippen LogP contribution in [0.1, 0.15) is 34.5 Å². The number of aromatic carboxylic acids is 1. The Bertz CT molecular complexity index is 1310. The van der Waals surface area contributed by atoms with E-state index in [4.69, 9.17) is 9.84 Å². The van der Waals surface area contributed by atoms with Crippen LogP contribution in [0.15, 0.2) is 60.7 Å². The maximum atomic E-state index is 11.4. The molecule has 192 valence electrons. The van der Waals surface area contributed by atoms with E-state index in [1.807, 2.05) is 25.1 Å². The quantitative estimate of drug-likeness (QED) is 0.183. The molecule has 0 amide bonds. The molecule has 0 aliphatic heterocycles. The van der Waals surface area contributed by atoms with Gasteiger partial charge >= 0.3 is 5.97 Å². The topological polar surface area (TPSA) is 145 Å². The van der Waals surface area contributed by atoms with E-state index in [1.165, 1.54) is 18.2 Å². The zero-order valence-corrected chi connectivity index (χ0v) is 20.9. The second-order valence-electron chi connectivity index (χ2n) is 8.28. The molecule has 0 saturated heterocycles. The Kier molecular flexibility index (Phi) is 8.92. The van der Waals surface area contributed by atoms with E-state index in [0.717, 1.165) is 35.1 Å². The highest BCUT2D eigenvalue weighted by atomic mass is 32.2. The number of hydrogen-bond donors (Lipinski definition) is 5. The fourth-order valence-electron chi connectivity index (χ4n) is 3.61. The Morgan fingerprint density at radius 2 is 1.72 bits per heavy atom. The monoisotopic (exact) mass is 514 g/mol. The number of carbonyl (C=O) groups is 1. The van der Waals surface area contributed by atoms with Crippen molar-refractivity contribution < 1.29 is 33.3 Å². The molecule has 0 heterocycles. The van der Waals surface area contributed by atoms with Gasteiger partial charge in [0.1, 0.15) is 18.1 Å². The van der Waals surface area contributed by atoms with Gasteiger partial charge in [-0.3, -0.25) is 4.72 Å².